The number of amides is 2. The molecule has 158 valence electrons. The van der Waals surface area contributed by atoms with E-state index in [1.54, 1.807) is 25.1 Å². The third-order valence-corrected chi connectivity index (χ3v) is 5.29. The lowest BCUT2D eigenvalue weighted by atomic mass is 10.1. The second kappa shape index (κ2) is 9.39. The minimum absolute atomic E-state index is 0.0425. The zero-order valence-corrected chi connectivity index (χ0v) is 17.2. The lowest BCUT2D eigenvalue weighted by Crippen LogP contribution is -2.25. The van der Waals surface area contributed by atoms with Crippen molar-refractivity contribution in [2.75, 3.05) is 24.3 Å². The van der Waals surface area contributed by atoms with Gasteiger partial charge in [-0.3, -0.25) is 19.7 Å². The number of non-ortho nitro benzene ring substituents is 1. The number of hydrogen-bond acceptors (Lipinski definition) is 5. The van der Waals surface area contributed by atoms with Gasteiger partial charge in [-0.15, -0.1) is 0 Å². The molecular formula is C22H26N4O4. The van der Waals surface area contributed by atoms with Crippen LogP contribution in [0, 0.1) is 16.0 Å². The average Bonchev–Trinajstić information content (AvgIpc) is 3.27. The summed E-state index contributed by atoms with van der Waals surface area (Å²) in [6.45, 7) is 0.238. The number of rotatable bonds is 7. The molecule has 0 unspecified atom stereocenters. The molecule has 0 saturated heterocycles. The molecule has 3 rings (SSSR count). The highest BCUT2D eigenvalue weighted by Gasteiger charge is 2.22. The standard InChI is InChI=1S/C22H26N4O4/c1-25(2)20-11-10-18(26(29)30)13-19(20)22(28)23-14-15-6-5-9-17(12-15)24-21(27)16-7-3-4-8-16/h5-6,9-13,16H,3-4,7-8,14H2,1-2H3,(H,23,28)(H,24,27). The van der Waals surface area contributed by atoms with Crippen molar-refractivity contribution in [2.45, 2.75) is 32.2 Å². The van der Waals surface area contributed by atoms with Crippen molar-refractivity contribution in [1.82, 2.24) is 5.32 Å². The number of anilines is 2. The fourth-order valence-corrected chi connectivity index (χ4v) is 3.68. The van der Waals surface area contributed by atoms with E-state index in [0.717, 1.165) is 31.2 Å². The summed E-state index contributed by atoms with van der Waals surface area (Å²) in [4.78, 5) is 37.3. The first-order valence-electron chi connectivity index (χ1n) is 9.99. The van der Waals surface area contributed by atoms with Gasteiger partial charge in [0.1, 0.15) is 0 Å². The Balaban J connectivity index is 1.68. The Kier molecular flexibility index (Phi) is 6.66. The average molecular weight is 410 g/mol. The maximum Gasteiger partial charge on any atom is 0.270 e. The van der Waals surface area contributed by atoms with Gasteiger partial charge in [0.15, 0.2) is 0 Å². The highest BCUT2D eigenvalue weighted by molar-refractivity contribution is 6.00. The lowest BCUT2D eigenvalue weighted by molar-refractivity contribution is -0.384. The highest BCUT2D eigenvalue weighted by Crippen LogP contribution is 2.26. The molecule has 0 aromatic heterocycles. The molecule has 2 N–H and O–H groups in total. The molecule has 2 amide bonds. The van der Waals surface area contributed by atoms with E-state index in [1.165, 1.54) is 12.1 Å². The molecule has 1 saturated carbocycles. The van der Waals surface area contributed by atoms with Gasteiger partial charge in [-0.25, -0.2) is 0 Å². The molecule has 0 heterocycles. The number of benzene rings is 2. The third kappa shape index (κ3) is 5.14. The maximum atomic E-state index is 12.7. The molecule has 2 aromatic rings. The topological polar surface area (TPSA) is 105 Å². The van der Waals surface area contributed by atoms with Gasteiger partial charge >= 0.3 is 0 Å². The van der Waals surface area contributed by atoms with Gasteiger partial charge in [0.05, 0.1) is 10.5 Å². The van der Waals surface area contributed by atoms with Crippen molar-refractivity contribution in [3.63, 3.8) is 0 Å². The second-order valence-corrected chi connectivity index (χ2v) is 7.71. The molecule has 1 aliphatic carbocycles. The van der Waals surface area contributed by atoms with Gasteiger partial charge in [0, 0.05) is 50.1 Å². The summed E-state index contributed by atoms with van der Waals surface area (Å²) in [5, 5.41) is 16.8. The van der Waals surface area contributed by atoms with Gasteiger partial charge in [0.2, 0.25) is 5.91 Å². The summed E-state index contributed by atoms with van der Waals surface area (Å²) in [5.74, 6) is -0.282. The van der Waals surface area contributed by atoms with Crippen LogP contribution in [0.5, 0.6) is 0 Å². The molecule has 0 radical (unpaired) electrons. The molecule has 30 heavy (non-hydrogen) atoms. The molecule has 8 nitrogen and oxygen atoms in total. The van der Waals surface area contributed by atoms with Gasteiger partial charge in [-0.1, -0.05) is 25.0 Å². The van der Waals surface area contributed by atoms with Crippen LogP contribution >= 0.6 is 0 Å². The quantitative estimate of drug-likeness (QED) is 0.535. The van der Waals surface area contributed by atoms with Gasteiger partial charge < -0.3 is 15.5 Å². The number of hydrogen-bond donors (Lipinski definition) is 2. The van der Waals surface area contributed by atoms with Crippen LogP contribution in [0.25, 0.3) is 0 Å². The Labute approximate surface area is 175 Å². The van der Waals surface area contributed by atoms with E-state index in [4.69, 9.17) is 0 Å². The number of carbonyl (C=O) groups is 2. The number of nitrogens with zero attached hydrogens (tertiary/aromatic N) is 2. The van der Waals surface area contributed by atoms with E-state index < -0.39 is 10.8 Å². The van der Waals surface area contributed by atoms with Gasteiger partial charge in [-0.05, 0) is 36.6 Å². The first kappa shape index (κ1) is 21.3. The Hall–Kier alpha value is -3.42. The molecule has 0 bridgehead atoms. The van der Waals surface area contributed by atoms with E-state index in [1.807, 2.05) is 24.3 Å². The van der Waals surface area contributed by atoms with Crippen LogP contribution in [0.1, 0.15) is 41.6 Å². The SMILES string of the molecule is CN(C)c1ccc([N+](=O)[O-])cc1C(=O)NCc1cccc(NC(=O)C2CCCC2)c1. The molecule has 0 atom stereocenters. The zero-order chi connectivity index (χ0) is 21.7. The maximum absolute atomic E-state index is 12.7. The third-order valence-electron chi connectivity index (χ3n) is 5.29. The Morgan fingerprint density at radius 2 is 1.87 bits per heavy atom. The first-order chi connectivity index (χ1) is 14.3. The summed E-state index contributed by atoms with van der Waals surface area (Å²) in [6, 6.07) is 11.5. The molecule has 1 aliphatic rings. The van der Waals surface area contributed by atoms with Crippen molar-refractivity contribution in [3.05, 3.63) is 63.7 Å². The first-order valence-corrected chi connectivity index (χ1v) is 9.99. The van der Waals surface area contributed by atoms with Gasteiger partial charge in [-0.2, -0.15) is 0 Å². The zero-order valence-electron chi connectivity index (χ0n) is 17.2. The van der Waals surface area contributed by atoms with Crippen LogP contribution < -0.4 is 15.5 Å². The normalized spacial score (nSPS) is 13.7. The van der Waals surface area contributed by atoms with E-state index in [0.29, 0.717) is 11.4 Å². The lowest BCUT2D eigenvalue weighted by Gasteiger charge is -2.17. The molecule has 0 aliphatic heterocycles. The molecule has 2 aromatic carbocycles. The molecule has 8 heteroatoms. The van der Waals surface area contributed by atoms with Crippen molar-refractivity contribution in [3.8, 4) is 0 Å². The highest BCUT2D eigenvalue weighted by atomic mass is 16.6. The van der Waals surface area contributed by atoms with Crippen LogP contribution in [0.2, 0.25) is 0 Å². The van der Waals surface area contributed by atoms with Crippen LogP contribution in [0.15, 0.2) is 42.5 Å². The van der Waals surface area contributed by atoms with Crippen molar-refractivity contribution >= 4 is 28.9 Å². The number of nitro benzene ring substituents is 1. The minimum Gasteiger partial charge on any atom is -0.377 e. The number of nitro groups is 1. The molecule has 1 fully saturated rings. The summed E-state index contributed by atoms with van der Waals surface area (Å²) < 4.78 is 0. The Bertz CT molecular complexity index is 952. The van der Waals surface area contributed by atoms with Crippen LogP contribution in [0.3, 0.4) is 0 Å². The predicted molar refractivity (Wildman–Crippen MR) is 116 cm³/mol. The van der Waals surface area contributed by atoms with E-state index >= 15 is 0 Å². The predicted octanol–water partition coefficient (Wildman–Crippen LogP) is 3.72. The second-order valence-electron chi connectivity index (χ2n) is 7.71. The van der Waals surface area contributed by atoms with Crippen LogP contribution in [-0.4, -0.2) is 30.8 Å². The number of carbonyl (C=O) groups excluding carboxylic acids is 2. The molecule has 0 spiro atoms. The fourth-order valence-electron chi connectivity index (χ4n) is 3.68. The monoisotopic (exact) mass is 410 g/mol. The summed E-state index contributed by atoms with van der Waals surface area (Å²) >= 11 is 0. The summed E-state index contributed by atoms with van der Waals surface area (Å²) in [5.41, 5.74) is 2.21. The van der Waals surface area contributed by atoms with E-state index in [-0.39, 0.29) is 29.6 Å². The van der Waals surface area contributed by atoms with E-state index in [2.05, 4.69) is 10.6 Å². The summed E-state index contributed by atoms with van der Waals surface area (Å²) in [7, 11) is 3.54. The van der Waals surface area contributed by atoms with Crippen LogP contribution in [-0.2, 0) is 11.3 Å². The smallest absolute Gasteiger partial charge is 0.270 e. The van der Waals surface area contributed by atoms with E-state index in [9.17, 15) is 19.7 Å². The molecular weight excluding hydrogens is 384 g/mol. The van der Waals surface area contributed by atoms with Crippen molar-refractivity contribution in [1.29, 1.82) is 0 Å². The van der Waals surface area contributed by atoms with Crippen molar-refractivity contribution in [2.24, 2.45) is 5.92 Å². The Morgan fingerprint density at radius 1 is 1.13 bits per heavy atom. The summed E-state index contributed by atoms with van der Waals surface area (Å²) in [6.07, 6.45) is 4.05. The van der Waals surface area contributed by atoms with Crippen molar-refractivity contribution < 1.29 is 14.5 Å². The van der Waals surface area contributed by atoms with Crippen LogP contribution in [0.4, 0.5) is 17.1 Å². The minimum atomic E-state index is -0.521. The Morgan fingerprint density at radius 3 is 2.53 bits per heavy atom. The largest absolute Gasteiger partial charge is 0.377 e. The number of nitrogens with one attached hydrogen (secondary N) is 2. The van der Waals surface area contributed by atoms with Gasteiger partial charge in [0.25, 0.3) is 11.6 Å². The fraction of sp³-hybridized carbons (Fsp3) is 0.364.